The number of imidazole rings is 1. The zero-order chi connectivity index (χ0) is 20.0. The minimum Gasteiger partial charge on any atom is -0.493 e. The Morgan fingerprint density at radius 1 is 1.25 bits per heavy atom. The normalized spacial score (nSPS) is 11.8. The largest absolute Gasteiger partial charge is 0.493 e. The number of nitrogens with zero attached hydrogens (tertiary/aromatic N) is 5. The Morgan fingerprint density at radius 3 is 2.75 bits per heavy atom. The van der Waals surface area contributed by atoms with Gasteiger partial charge in [0, 0.05) is 19.0 Å². The van der Waals surface area contributed by atoms with Crippen LogP contribution in [0.3, 0.4) is 0 Å². The fraction of sp³-hybridized carbons (Fsp3) is 0.167. The highest BCUT2D eigenvalue weighted by Gasteiger charge is 2.18. The molecule has 0 aliphatic rings. The average Bonchev–Trinajstić information content (AvgIpc) is 3.15. The topological polar surface area (TPSA) is 133 Å². The van der Waals surface area contributed by atoms with Crippen molar-refractivity contribution in [3.63, 3.8) is 0 Å². The van der Waals surface area contributed by atoms with Crippen molar-refractivity contribution in [3.8, 4) is 5.88 Å². The van der Waals surface area contributed by atoms with E-state index < -0.39 is 11.2 Å². The van der Waals surface area contributed by atoms with Gasteiger partial charge in [0.1, 0.15) is 0 Å². The van der Waals surface area contributed by atoms with Crippen LogP contribution in [0.4, 0.5) is 11.6 Å². The molecule has 0 aliphatic carbocycles. The van der Waals surface area contributed by atoms with Gasteiger partial charge in [0.2, 0.25) is 5.88 Å². The van der Waals surface area contributed by atoms with Crippen LogP contribution in [0.5, 0.6) is 5.88 Å². The molecular weight excluding hydrogens is 362 g/mol. The molecule has 0 spiro atoms. The molecule has 0 radical (unpaired) electrons. The molecule has 10 heteroatoms. The molecule has 3 heterocycles. The molecule has 0 fully saturated rings. The number of hydrogen-bond acceptors (Lipinski definition) is 6. The van der Waals surface area contributed by atoms with Gasteiger partial charge in [-0.1, -0.05) is 30.4 Å². The van der Waals surface area contributed by atoms with Gasteiger partial charge < -0.3 is 10.1 Å². The molecule has 1 aromatic carbocycles. The predicted molar refractivity (Wildman–Crippen MR) is 105 cm³/mol. The monoisotopic (exact) mass is 379 g/mol. The highest BCUT2D eigenvalue weighted by Crippen LogP contribution is 2.36. The number of benzene rings is 1. The number of aryl methyl sites for hydroxylation is 1. The minimum absolute atomic E-state index is 0.120. The number of nitrogens with one attached hydrogen (secondary N) is 2. The predicted octanol–water partition coefficient (Wildman–Crippen LogP) is 2.60. The van der Waals surface area contributed by atoms with Gasteiger partial charge in [-0.25, -0.2) is 4.79 Å². The Kier molecular flexibility index (Phi) is 3.95. The van der Waals surface area contributed by atoms with Crippen molar-refractivity contribution in [1.29, 1.82) is 0 Å². The van der Waals surface area contributed by atoms with Gasteiger partial charge in [0.25, 0.3) is 11.5 Å². The second-order valence-corrected chi connectivity index (χ2v) is 6.51. The van der Waals surface area contributed by atoms with Crippen molar-refractivity contribution >= 4 is 33.7 Å². The molecule has 0 unspecified atom stereocenters. The van der Waals surface area contributed by atoms with E-state index in [4.69, 9.17) is 0 Å². The number of aromatic nitrogens is 5. The molecule has 10 nitrogen and oxygen atoms in total. The lowest BCUT2D eigenvalue weighted by atomic mass is 10.2. The zero-order valence-electron chi connectivity index (χ0n) is 15.2. The lowest BCUT2D eigenvalue weighted by molar-refractivity contribution is 0.459. The smallest absolute Gasteiger partial charge is 0.329 e. The number of rotatable bonds is 4. The fourth-order valence-corrected chi connectivity index (χ4v) is 3.03. The van der Waals surface area contributed by atoms with Gasteiger partial charge in [-0.2, -0.15) is 4.98 Å². The first kappa shape index (κ1) is 17.5. The number of fused-ring (bicyclic) bond motifs is 2. The number of aromatic amines is 2. The van der Waals surface area contributed by atoms with Crippen LogP contribution < -0.4 is 11.2 Å². The van der Waals surface area contributed by atoms with Crippen LogP contribution in [0, 0.1) is 0 Å². The molecule has 0 atom stereocenters. The van der Waals surface area contributed by atoms with E-state index in [-0.39, 0.29) is 35.2 Å². The molecule has 28 heavy (non-hydrogen) atoms. The first-order valence-electron chi connectivity index (χ1n) is 8.42. The summed E-state index contributed by atoms with van der Waals surface area (Å²) in [6, 6.07) is 7.25. The molecule has 4 aromatic rings. The Labute approximate surface area is 157 Å². The quantitative estimate of drug-likeness (QED) is 0.371. The van der Waals surface area contributed by atoms with Crippen LogP contribution in [-0.4, -0.2) is 29.2 Å². The second kappa shape index (κ2) is 6.34. The summed E-state index contributed by atoms with van der Waals surface area (Å²) in [5, 5.41) is 19.1. The highest BCUT2D eigenvalue weighted by atomic mass is 16.3. The van der Waals surface area contributed by atoms with Crippen molar-refractivity contribution in [2.45, 2.75) is 13.5 Å². The third-order valence-corrected chi connectivity index (χ3v) is 4.31. The Bertz CT molecular complexity index is 1380. The molecular formula is C18H17N7O3. The molecule has 142 valence electrons. The van der Waals surface area contributed by atoms with Crippen molar-refractivity contribution in [2.24, 2.45) is 17.3 Å². The summed E-state index contributed by atoms with van der Waals surface area (Å²) in [7, 11) is 1.51. The number of H-pyrrole nitrogens is 2. The Hall–Kier alpha value is -3.95. The van der Waals surface area contributed by atoms with Gasteiger partial charge in [0.05, 0.1) is 5.52 Å². The minimum atomic E-state index is -0.574. The molecule has 0 saturated heterocycles. The molecule has 3 aromatic heterocycles. The standard InChI is InChI=1S/C18H17N7O3/c1-9(2)8-25-13-14(24(3)18(28)21-16(13)27)20-17(25)23-22-12-10-6-4-5-7-11(10)19-15(12)26/h4-7,19,26H,1,8H2,2-3H3,(H,21,27,28). The van der Waals surface area contributed by atoms with Crippen LogP contribution in [0.15, 0.2) is 56.2 Å². The number of para-hydroxylation sites is 1. The molecule has 4 rings (SSSR count). The van der Waals surface area contributed by atoms with Crippen LogP contribution in [0.1, 0.15) is 6.92 Å². The lowest BCUT2D eigenvalue weighted by Crippen LogP contribution is -2.29. The summed E-state index contributed by atoms with van der Waals surface area (Å²) in [4.78, 5) is 33.6. The highest BCUT2D eigenvalue weighted by molar-refractivity contribution is 5.94. The van der Waals surface area contributed by atoms with Crippen molar-refractivity contribution in [1.82, 2.24) is 24.1 Å². The molecule has 0 bridgehead atoms. The van der Waals surface area contributed by atoms with E-state index in [1.54, 1.807) is 19.1 Å². The van der Waals surface area contributed by atoms with E-state index in [2.05, 4.69) is 31.8 Å². The van der Waals surface area contributed by atoms with Crippen molar-refractivity contribution in [3.05, 3.63) is 57.3 Å². The first-order chi connectivity index (χ1) is 13.4. The SMILES string of the molecule is C=C(C)Cn1c(N=Nc2c(O)[nH]c3ccccc23)nc2c1c(=O)[nH]c(=O)n2C. The summed E-state index contributed by atoms with van der Waals surface area (Å²) in [5.41, 5.74) is 0.974. The Balaban J connectivity index is 1.94. The number of hydrogen-bond donors (Lipinski definition) is 3. The fourth-order valence-electron chi connectivity index (χ4n) is 3.03. The average molecular weight is 379 g/mol. The lowest BCUT2D eigenvalue weighted by Gasteiger charge is -2.05. The van der Waals surface area contributed by atoms with E-state index in [0.29, 0.717) is 10.9 Å². The third kappa shape index (κ3) is 2.71. The summed E-state index contributed by atoms with van der Waals surface area (Å²) < 4.78 is 2.76. The van der Waals surface area contributed by atoms with Gasteiger partial charge >= 0.3 is 5.69 Å². The van der Waals surface area contributed by atoms with E-state index in [1.807, 2.05) is 12.1 Å². The summed E-state index contributed by atoms with van der Waals surface area (Å²) in [6.07, 6.45) is 0. The maximum absolute atomic E-state index is 12.4. The van der Waals surface area contributed by atoms with Gasteiger partial charge in [-0.15, -0.1) is 10.2 Å². The molecule has 0 saturated carbocycles. The summed E-state index contributed by atoms with van der Waals surface area (Å²) in [6.45, 7) is 5.94. The van der Waals surface area contributed by atoms with E-state index in [9.17, 15) is 14.7 Å². The summed E-state index contributed by atoms with van der Waals surface area (Å²) >= 11 is 0. The number of aromatic hydroxyl groups is 1. The first-order valence-corrected chi connectivity index (χ1v) is 8.42. The molecule has 0 amide bonds. The Morgan fingerprint density at radius 2 is 2.00 bits per heavy atom. The summed E-state index contributed by atoms with van der Waals surface area (Å²) in [5.74, 6) is -0.00728. The van der Waals surface area contributed by atoms with Crippen molar-refractivity contribution < 1.29 is 5.11 Å². The van der Waals surface area contributed by atoms with Crippen LogP contribution in [0.2, 0.25) is 0 Å². The number of allylic oxidation sites excluding steroid dienone is 1. The molecule has 3 N–H and O–H groups in total. The third-order valence-electron chi connectivity index (χ3n) is 4.31. The van der Waals surface area contributed by atoms with Gasteiger partial charge in [-0.05, 0) is 13.0 Å². The maximum atomic E-state index is 12.4. The zero-order valence-corrected chi connectivity index (χ0v) is 15.2. The van der Waals surface area contributed by atoms with Crippen LogP contribution in [0.25, 0.3) is 22.1 Å². The van der Waals surface area contributed by atoms with E-state index in [0.717, 1.165) is 5.57 Å². The van der Waals surface area contributed by atoms with Crippen LogP contribution >= 0.6 is 0 Å². The van der Waals surface area contributed by atoms with E-state index in [1.165, 1.54) is 16.2 Å². The van der Waals surface area contributed by atoms with Gasteiger partial charge in [0.15, 0.2) is 16.9 Å². The van der Waals surface area contributed by atoms with E-state index >= 15 is 0 Å². The molecule has 0 aliphatic heterocycles. The van der Waals surface area contributed by atoms with Crippen LogP contribution in [-0.2, 0) is 13.6 Å². The van der Waals surface area contributed by atoms with Crippen molar-refractivity contribution in [2.75, 3.05) is 0 Å². The van der Waals surface area contributed by atoms with Gasteiger partial charge in [-0.3, -0.25) is 18.9 Å². The number of azo groups is 1. The maximum Gasteiger partial charge on any atom is 0.329 e. The second-order valence-electron chi connectivity index (χ2n) is 6.51.